The van der Waals surface area contributed by atoms with Crippen molar-refractivity contribution in [3.8, 4) is 5.69 Å². The lowest BCUT2D eigenvalue weighted by Crippen LogP contribution is -2.38. The van der Waals surface area contributed by atoms with Crippen LogP contribution in [0.25, 0.3) is 5.69 Å². The number of nitrogens with zero attached hydrogens (tertiary/aromatic N) is 5. The second-order valence-corrected chi connectivity index (χ2v) is 7.72. The molecule has 2 heterocycles. The minimum absolute atomic E-state index is 0.0661. The first-order chi connectivity index (χ1) is 13.3. The van der Waals surface area contributed by atoms with Crippen LogP contribution < -0.4 is 5.32 Å². The quantitative estimate of drug-likeness (QED) is 0.685. The van der Waals surface area contributed by atoms with Gasteiger partial charge in [-0.15, -0.1) is 0 Å². The Morgan fingerprint density at radius 2 is 1.85 bits per heavy atom. The van der Waals surface area contributed by atoms with Crippen molar-refractivity contribution in [2.24, 2.45) is 0 Å². The number of carbonyl (C=O) groups excluding carboxylic acids is 1. The summed E-state index contributed by atoms with van der Waals surface area (Å²) >= 11 is 1.73. The number of benzene rings is 1. The Hall–Kier alpha value is -2.74. The highest BCUT2D eigenvalue weighted by atomic mass is 32.2. The summed E-state index contributed by atoms with van der Waals surface area (Å²) in [6, 6.07) is 9.46. The van der Waals surface area contributed by atoms with Crippen LogP contribution in [0.2, 0.25) is 0 Å². The third-order valence-corrected chi connectivity index (χ3v) is 5.86. The normalized spacial score (nSPS) is 19.6. The van der Waals surface area contributed by atoms with Gasteiger partial charge in [-0.3, -0.25) is 4.79 Å². The predicted molar refractivity (Wildman–Crippen MR) is 103 cm³/mol. The van der Waals surface area contributed by atoms with Crippen LogP contribution in [0.4, 0.5) is 0 Å². The fourth-order valence-corrected chi connectivity index (χ4v) is 4.33. The van der Waals surface area contributed by atoms with Crippen molar-refractivity contribution in [1.29, 1.82) is 0 Å². The molecule has 1 amide bonds. The second kappa shape index (κ2) is 8.30. The van der Waals surface area contributed by atoms with Crippen molar-refractivity contribution < 1.29 is 4.79 Å². The molecule has 27 heavy (non-hydrogen) atoms. The van der Waals surface area contributed by atoms with E-state index in [9.17, 15) is 4.79 Å². The van der Waals surface area contributed by atoms with Crippen LogP contribution in [0.3, 0.4) is 0 Å². The van der Waals surface area contributed by atoms with E-state index in [0.717, 1.165) is 36.5 Å². The van der Waals surface area contributed by atoms with Gasteiger partial charge in [0, 0.05) is 23.7 Å². The average molecular weight is 380 g/mol. The van der Waals surface area contributed by atoms with Gasteiger partial charge in [0.1, 0.15) is 12.7 Å². The van der Waals surface area contributed by atoms with Crippen LogP contribution in [0.5, 0.6) is 0 Å². The molecule has 1 aliphatic rings. The van der Waals surface area contributed by atoms with Gasteiger partial charge in [-0.1, -0.05) is 23.9 Å². The van der Waals surface area contributed by atoms with Crippen molar-refractivity contribution in [1.82, 2.24) is 30.0 Å². The molecule has 7 nitrogen and oxygen atoms in total. The summed E-state index contributed by atoms with van der Waals surface area (Å²) in [6.07, 6.45) is 10.6. The molecule has 0 aliphatic heterocycles. The molecule has 3 aromatic rings. The molecule has 0 atom stereocenters. The molecule has 138 valence electrons. The standard InChI is InChI=1S/C19H20N6OS/c26-18(16-4-1-2-5-17(16)25-13-20-12-23-25)24-14-6-8-15(9-7-14)27-19-21-10-3-11-22-19/h1-5,10-15H,6-9H2,(H,24,26). The van der Waals surface area contributed by atoms with Crippen molar-refractivity contribution >= 4 is 17.7 Å². The third kappa shape index (κ3) is 4.33. The molecular formula is C19H20N6OS. The summed E-state index contributed by atoms with van der Waals surface area (Å²) in [7, 11) is 0. The van der Waals surface area contributed by atoms with Crippen LogP contribution in [0, 0.1) is 0 Å². The van der Waals surface area contributed by atoms with Gasteiger partial charge in [0.05, 0.1) is 11.3 Å². The maximum atomic E-state index is 12.8. The first kappa shape index (κ1) is 17.7. The molecule has 0 saturated heterocycles. The van der Waals surface area contributed by atoms with Gasteiger partial charge in [0.25, 0.3) is 5.91 Å². The number of rotatable bonds is 5. The molecule has 0 unspecified atom stereocenters. The van der Waals surface area contributed by atoms with E-state index in [1.165, 1.54) is 6.33 Å². The number of nitrogens with one attached hydrogen (secondary N) is 1. The van der Waals surface area contributed by atoms with Crippen LogP contribution in [-0.4, -0.2) is 41.9 Å². The zero-order valence-electron chi connectivity index (χ0n) is 14.7. The summed E-state index contributed by atoms with van der Waals surface area (Å²) in [4.78, 5) is 25.3. The number of thioether (sulfide) groups is 1. The minimum atomic E-state index is -0.0661. The zero-order chi connectivity index (χ0) is 18.5. The van der Waals surface area contributed by atoms with Crippen LogP contribution in [0.15, 0.2) is 60.5 Å². The number of para-hydroxylation sites is 1. The van der Waals surface area contributed by atoms with E-state index in [0.29, 0.717) is 10.8 Å². The predicted octanol–water partition coefficient (Wildman–Crippen LogP) is 2.89. The minimum Gasteiger partial charge on any atom is -0.349 e. The number of carbonyl (C=O) groups is 1. The van der Waals surface area contributed by atoms with Gasteiger partial charge in [-0.05, 0) is 43.9 Å². The van der Waals surface area contributed by atoms with Gasteiger partial charge >= 0.3 is 0 Å². The Morgan fingerprint density at radius 1 is 1.07 bits per heavy atom. The van der Waals surface area contributed by atoms with E-state index < -0.39 is 0 Å². The Kier molecular flexibility index (Phi) is 5.43. The highest BCUT2D eigenvalue weighted by Crippen LogP contribution is 2.32. The van der Waals surface area contributed by atoms with Crippen molar-refractivity contribution in [2.45, 2.75) is 42.1 Å². The lowest BCUT2D eigenvalue weighted by atomic mass is 9.94. The number of hydrogen-bond donors (Lipinski definition) is 1. The van der Waals surface area contributed by atoms with Gasteiger partial charge in [-0.25, -0.2) is 19.6 Å². The van der Waals surface area contributed by atoms with Gasteiger partial charge in [-0.2, -0.15) is 5.10 Å². The summed E-state index contributed by atoms with van der Waals surface area (Å²) in [5, 5.41) is 8.65. The van der Waals surface area contributed by atoms with E-state index in [1.807, 2.05) is 30.3 Å². The number of hydrogen-bond acceptors (Lipinski definition) is 6. The summed E-state index contributed by atoms with van der Waals surface area (Å²) in [5.41, 5.74) is 1.34. The topological polar surface area (TPSA) is 85.6 Å². The zero-order valence-corrected chi connectivity index (χ0v) is 15.5. The summed E-state index contributed by atoms with van der Waals surface area (Å²) in [5.74, 6) is -0.0661. The Labute approximate surface area is 161 Å². The molecule has 1 aliphatic carbocycles. The Balaban J connectivity index is 1.35. The highest BCUT2D eigenvalue weighted by molar-refractivity contribution is 7.99. The summed E-state index contributed by atoms with van der Waals surface area (Å²) in [6.45, 7) is 0. The maximum absolute atomic E-state index is 12.8. The molecule has 1 saturated carbocycles. The molecule has 1 fully saturated rings. The first-order valence-corrected chi connectivity index (χ1v) is 9.86. The second-order valence-electron chi connectivity index (χ2n) is 6.45. The number of amides is 1. The first-order valence-electron chi connectivity index (χ1n) is 8.98. The molecule has 8 heteroatoms. The molecule has 1 aromatic carbocycles. The smallest absolute Gasteiger partial charge is 0.253 e. The SMILES string of the molecule is O=C(NC1CCC(Sc2ncccn2)CC1)c1ccccc1-n1cncn1. The van der Waals surface area contributed by atoms with E-state index in [2.05, 4.69) is 25.4 Å². The van der Waals surface area contributed by atoms with Crippen LogP contribution in [-0.2, 0) is 0 Å². The largest absolute Gasteiger partial charge is 0.349 e. The molecule has 0 bridgehead atoms. The average Bonchev–Trinajstić information content (AvgIpc) is 3.25. The third-order valence-electron chi connectivity index (χ3n) is 4.64. The van der Waals surface area contributed by atoms with Crippen LogP contribution >= 0.6 is 11.8 Å². The Morgan fingerprint density at radius 3 is 2.59 bits per heavy atom. The fraction of sp³-hybridized carbons (Fsp3) is 0.316. The highest BCUT2D eigenvalue weighted by Gasteiger charge is 2.25. The molecule has 0 spiro atoms. The van der Waals surface area contributed by atoms with Gasteiger partial charge in [0.2, 0.25) is 0 Å². The molecule has 0 radical (unpaired) electrons. The summed E-state index contributed by atoms with van der Waals surface area (Å²) < 4.78 is 1.61. The lowest BCUT2D eigenvalue weighted by Gasteiger charge is -2.28. The molecule has 2 aromatic heterocycles. The van der Waals surface area contributed by atoms with Gasteiger partial charge < -0.3 is 5.32 Å². The molecule has 1 N–H and O–H groups in total. The van der Waals surface area contributed by atoms with E-state index in [1.54, 1.807) is 35.2 Å². The maximum Gasteiger partial charge on any atom is 0.253 e. The van der Waals surface area contributed by atoms with E-state index in [-0.39, 0.29) is 11.9 Å². The number of aromatic nitrogens is 5. The molecule has 4 rings (SSSR count). The van der Waals surface area contributed by atoms with Crippen molar-refractivity contribution in [2.75, 3.05) is 0 Å². The lowest BCUT2D eigenvalue weighted by molar-refractivity contribution is 0.0928. The fourth-order valence-electron chi connectivity index (χ4n) is 3.28. The van der Waals surface area contributed by atoms with E-state index >= 15 is 0 Å². The molecular weight excluding hydrogens is 360 g/mol. The van der Waals surface area contributed by atoms with Crippen molar-refractivity contribution in [3.63, 3.8) is 0 Å². The van der Waals surface area contributed by atoms with Crippen molar-refractivity contribution in [3.05, 3.63) is 60.9 Å². The monoisotopic (exact) mass is 380 g/mol. The Bertz CT molecular complexity index is 878. The van der Waals surface area contributed by atoms with E-state index in [4.69, 9.17) is 0 Å². The van der Waals surface area contributed by atoms with Crippen LogP contribution in [0.1, 0.15) is 36.0 Å². The van der Waals surface area contributed by atoms with Gasteiger partial charge in [0.15, 0.2) is 5.16 Å².